The molecule has 1 aliphatic rings. The molecule has 0 unspecified atom stereocenters. The Morgan fingerprint density at radius 3 is 1.88 bits per heavy atom. The zero-order chi connectivity index (χ0) is 23.1. The topological polar surface area (TPSA) is 94.5 Å². The number of hydrogen-bond acceptors (Lipinski definition) is 7. The molecule has 32 heavy (non-hydrogen) atoms. The van der Waals surface area contributed by atoms with E-state index in [1.807, 2.05) is 60.7 Å². The van der Waals surface area contributed by atoms with Gasteiger partial charge < -0.3 is 29.2 Å². The Balaban J connectivity index is 1.76. The molecule has 7 heteroatoms. The van der Waals surface area contributed by atoms with Crippen LogP contribution in [0.3, 0.4) is 0 Å². The van der Waals surface area contributed by atoms with Crippen LogP contribution in [0.25, 0.3) is 0 Å². The summed E-state index contributed by atoms with van der Waals surface area (Å²) in [5, 5.41) is 20.9. The van der Waals surface area contributed by atoms with Crippen molar-refractivity contribution < 1.29 is 34.0 Å². The molecule has 1 fully saturated rings. The number of aliphatic hydroxyl groups is 2. The number of carbonyl (C=O) groups is 1. The van der Waals surface area contributed by atoms with Crippen molar-refractivity contribution in [1.82, 2.24) is 0 Å². The molecule has 2 aromatic carbocycles. The van der Waals surface area contributed by atoms with Gasteiger partial charge in [0.05, 0.1) is 18.6 Å². The summed E-state index contributed by atoms with van der Waals surface area (Å²) < 4.78 is 23.1. The van der Waals surface area contributed by atoms with Gasteiger partial charge in [-0.1, -0.05) is 60.7 Å². The van der Waals surface area contributed by atoms with Crippen LogP contribution in [0, 0.1) is 5.41 Å². The predicted octanol–water partition coefficient (Wildman–Crippen LogP) is 2.82. The fraction of sp³-hybridized carbons (Fsp3) is 0.480. The molecule has 1 aliphatic heterocycles. The second-order valence-electron chi connectivity index (χ2n) is 8.93. The average Bonchev–Trinajstić information content (AvgIpc) is 2.78. The van der Waals surface area contributed by atoms with Crippen LogP contribution in [0.2, 0.25) is 0 Å². The molecule has 2 aromatic rings. The lowest BCUT2D eigenvalue weighted by atomic mass is 9.96. The van der Waals surface area contributed by atoms with E-state index in [0.29, 0.717) is 0 Å². The van der Waals surface area contributed by atoms with E-state index in [9.17, 15) is 15.0 Å². The van der Waals surface area contributed by atoms with Crippen molar-refractivity contribution in [2.75, 3.05) is 6.61 Å². The zero-order valence-corrected chi connectivity index (χ0v) is 18.7. The van der Waals surface area contributed by atoms with E-state index in [1.54, 1.807) is 20.8 Å². The van der Waals surface area contributed by atoms with E-state index in [4.69, 9.17) is 18.9 Å². The number of rotatable bonds is 8. The van der Waals surface area contributed by atoms with Crippen LogP contribution in [0.1, 0.15) is 31.9 Å². The van der Waals surface area contributed by atoms with E-state index in [2.05, 4.69) is 0 Å². The van der Waals surface area contributed by atoms with Gasteiger partial charge in [-0.25, -0.2) is 0 Å². The largest absolute Gasteiger partial charge is 0.462 e. The normalized spacial score (nSPS) is 26.0. The number of aliphatic hydroxyl groups excluding tert-OH is 2. The van der Waals surface area contributed by atoms with Gasteiger partial charge in [-0.3, -0.25) is 4.79 Å². The molecule has 0 amide bonds. The van der Waals surface area contributed by atoms with Crippen molar-refractivity contribution in [1.29, 1.82) is 0 Å². The quantitative estimate of drug-likeness (QED) is 0.605. The first kappa shape index (κ1) is 24.4. The molecule has 5 atom stereocenters. The number of ether oxygens (including phenoxy) is 4. The fourth-order valence-corrected chi connectivity index (χ4v) is 3.34. The van der Waals surface area contributed by atoms with E-state index in [-0.39, 0.29) is 19.8 Å². The Morgan fingerprint density at radius 2 is 1.38 bits per heavy atom. The van der Waals surface area contributed by atoms with Crippen molar-refractivity contribution in [2.24, 2.45) is 5.41 Å². The van der Waals surface area contributed by atoms with Gasteiger partial charge in [0.25, 0.3) is 0 Å². The third kappa shape index (κ3) is 6.60. The lowest BCUT2D eigenvalue weighted by Gasteiger charge is -2.42. The maximum atomic E-state index is 12.3. The monoisotopic (exact) mass is 444 g/mol. The molecular formula is C25H32O7. The Bertz CT molecular complexity index is 834. The summed E-state index contributed by atoms with van der Waals surface area (Å²) in [4.78, 5) is 12.3. The summed E-state index contributed by atoms with van der Waals surface area (Å²) in [5.74, 6) is -0.398. The smallest absolute Gasteiger partial charge is 0.311 e. The van der Waals surface area contributed by atoms with Gasteiger partial charge >= 0.3 is 5.97 Å². The van der Waals surface area contributed by atoms with Crippen LogP contribution in [0.4, 0.5) is 0 Å². The third-order valence-corrected chi connectivity index (χ3v) is 5.19. The molecule has 174 valence electrons. The highest BCUT2D eigenvalue weighted by molar-refractivity contribution is 5.75. The van der Waals surface area contributed by atoms with Crippen molar-refractivity contribution in [3.63, 3.8) is 0 Å². The van der Waals surface area contributed by atoms with E-state index in [1.165, 1.54) is 0 Å². The second kappa shape index (κ2) is 11.0. The molecule has 7 nitrogen and oxygen atoms in total. The van der Waals surface area contributed by atoms with Crippen LogP contribution in [0.15, 0.2) is 60.7 Å². The Labute approximate surface area is 188 Å². The number of hydrogen-bond donors (Lipinski definition) is 2. The standard InChI is InChI=1S/C25H32O7/c1-25(2,3)24(28)31-16-19-21(29-14-17-10-6-4-7-11-17)22(20(26)23(27)32-19)30-15-18-12-8-5-9-13-18/h4-13,19-23,26-27H,14-16H2,1-3H3/t19-,20+,21-,22-,23-/m1/s1. The van der Waals surface area contributed by atoms with Gasteiger partial charge in [-0.05, 0) is 31.9 Å². The summed E-state index contributed by atoms with van der Waals surface area (Å²) in [6, 6.07) is 19.1. The van der Waals surface area contributed by atoms with E-state index >= 15 is 0 Å². The molecule has 0 spiro atoms. The Morgan fingerprint density at radius 1 is 0.875 bits per heavy atom. The van der Waals surface area contributed by atoms with Crippen molar-refractivity contribution in [3.05, 3.63) is 71.8 Å². The SMILES string of the molecule is CC(C)(C)C(=O)OC[C@H]1O[C@@H](O)[C@@H](O)[C@@H](OCc2ccccc2)[C@@H]1OCc1ccccc1. The maximum Gasteiger partial charge on any atom is 0.311 e. The molecule has 2 N–H and O–H groups in total. The minimum Gasteiger partial charge on any atom is -0.462 e. The summed E-state index contributed by atoms with van der Waals surface area (Å²) in [5.41, 5.74) is 1.16. The van der Waals surface area contributed by atoms with Gasteiger partial charge in [-0.2, -0.15) is 0 Å². The summed E-state index contributed by atoms with van der Waals surface area (Å²) in [6.07, 6.45) is -5.30. The van der Waals surface area contributed by atoms with Crippen molar-refractivity contribution in [2.45, 2.75) is 64.7 Å². The zero-order valence-electron chi connectivity index (χ0n) is 18.7. The lowest BCUT2D eigenvalue weighted by Crippen LogP contribution is -2.60. The highest BCUT2D eigenvalue weighted by Gasteiger charge is 2.47. The van der Waals surface area contributed by atoms with Crippen LogP contribution < -0.4 is 0 Å². The summed E-state index contributed by atoms with van der Waals surface area (Å²) in [7, 11) is 0. The molecule has 0 aromatic heterocycles. The van der Waals surface area contributed by atoms with E-state index in [0.717, 1.165) is 11.1 Å². The summed E-state index contributed by atoms with van der Waals surface area (Å²) in [6.45, 7) is 5.59. The van der Waals surface area contributed by atoms with Gasteiger partial charge in [0.15, 0.2) is 6.29 Å². The Kier molecular flexibility index (Phi) is 8.39. The number of esters is 1. The molecule has 0 saturated carbocycles. The first-order valence-electron chi connectivity index (χ1n) is 10.8. The van der Waals surface area contributed by atoms with Crippen molar-refractivity contribution in [3.8, 4) is 0 Å². The first-order valence-corrected chi connectivity index (χ1v) is 10.8. The molecule has 0 aliphatic carbocycles. The second-order valence-corrected chi connectivity index (χ2v) is 8.93. The maximum absolute atomic E-state index is 12.3. The molecule has 1 heterocycles. The van der Waals surface area contributed by atoms with Gasteiger partial charge in [0, 0.05) is 0 Å². The van der Waals surface area contributed by atoms with Crippen LogP contribution in [-0.4, -0.2) is 53.5 Å². The average molecular weight is 445 g/mol. The molecule has 1 saturated heterocycles. The van der Waals surface area contributed by atoms with E-state index < -0.39 is 42.1 Å². The first-order chi connectivity index (χ1) is 15.3. The molecule has 0 radical (unpaired) electrons. The lowest BCUT2D eigenvalue weighted by molar-refractivity contribution is -0.306. The highest BCUT2D eigenvalue weighted by Crippen LogP contribution is 2.28. The fourth-order valence-electron chi connectivity index (χ4n) is 3.34. The minimum absolute atomic E-state index is 0.134. The van der Waals surface area contributed by atoms with Gasteiger partial charge in [-0.15, -0.1) is 0 Å². The summed E-state index contributed by atoms with van der Waals surface area (Å²) >= 11 is 0. The van der Waals surface area contributed by atoms with Crippen LogP contribution >= 0.6 is 0 Å². The molecule has 0 bridgehead atoms. The number of carbonyl (C=O) groups excluding carboxylic acids is 1. The minimum atomic E-state index is -1.49. The highest BCUT2D eigenvalue weighted by atomic mass is 16.7. The predicted molar refractivity (Wildman–Crippen MR) is 117 cm³/mol. The Hall–Kier alpha value is -2.29. The molecule has 3 rings (SSSR count). The van der Waals surface area contributed by atoms with Crippen LogP contribution in [-0.2, 0) is 37.0 Å². The van der Waals surface area contributed by atoms with Gasteiger partial charge in [0.2, 0.25) is 0 Å². The van der Waals surface area contributed by atoms with Crippen LogP contribution in [0.5, 0.6) is 0 Å². The van der Waals surface area contributed by atoms with Crippen molar-refractivity contribution >= 4 is 5.97 Å². The van der Waals surface area contributed by atoms with Gasteiger partial charge in [0.1, 0.15) is 31.0 Å². The molecular weight excluding hydrogens is 412 g/mol. The number of benzene rings is 2. The third-order valence-electron chi connectivity index (χ3n) is 5.19.